The van der Waals surface area contributed by atoms with Crippen LogP contribution in [-0.2, 0) is 10.0 Å². The molecule has 0 aromatic heterocycles. The summed E-state index contributed by atoms with van der Waals surface area (Å²) < 4.78 is 27.4. The van der Waals surface area contributed by atoms with Crippen LogP contribution in [0.1, 0.15) is 19.8 Å². The van der Waals surface area contributed by atoms with Crippen LogP contribution in [0, 0.1) is 5.92 Å². The van der Waals surface area contributed by atoms with Gasteiger partial charge in [-0.05, 0) is 48.6 Å². The summed E-state index contributed by atoms with van der Waals surface area (Å²) in [6.07, 6.45) is 2.25. The zero-order chi connectivity index (χ0) is 13.5. The molecule has 3 rings (SSSR count). The van der Waals surface area contributed by atoms with Crippen LogP contribution in [0.4, 0.5) is 0 Å². The van der Waals surface area contributed by atoms with Gasteiger partial charge in [0.2, 0.25) is 10.0 Å². The van der Waals surface area contributed by atoms with Gasteiger partial charge in [-0.2, -0.15) is 0 Å². The average molecular weight is 275 g/mol. The summed E-state index contributed by atoms with van der Waals surface area (Å²) in [4.78, 5) is 0.346. The van der Waals surface area contributed by atoms with E-state index < -0.39 is 10.0 Å². The summed E-state index contributed by atoms with van der Waals surface area (Å²) in [7, 11) is -3.41. The quantitative estimate of drug-likeness (QED) is 0.932. The molecule has 0 aliphatic heterocycles. The smallest absolute Gasteiger partial charge is 0.208 e. The van der Waals surface area contributed by atoms with Crippen molar-refractivity contribution in [3.8, 4) is 0 Å². The molecule has 1 saturated carbocycles. The monoisotopic (exact) mass is 275 g/mol. The molecule has 0 bridgehead atoms. The van der Waals surface area contributed by atoms with Gasteiger partial charge >= 0.3 is 0 Å². The van der Waals surface area contributed by atoms with Crippen molar-refractivity contribution in [1.29, 1.82) is 0 Å². The molecule has 0 radical (unpaired) electrons. The van der Waals surface area contributed by atoms with E-state index in [0.29, 0.717) is 10.8 Å². The third-order valence-electron chi connectivity index (χ3n) is 3.70. The molecule has 3 nitrogen and oxygen atoms in total. The average Bonchev–Trinajstić information content (AvgIpc) is 3.22. The molecule has 1 atom stereocenters. The molecule has 1 fully saturated rings. The van der Waals surface area contributed by atoms with Gasteiger partial charge in [0.1, 0.15) is 0 Å². The van der Waals surface area contributed by atoms with Crippen LogP contribution in [0.15, 0.2) is 47.4 Å². The molecule has 0 amide bonds. The lowest BCUT2D eigenvalue weighted by Gasteiger charge is -2.13. The van der Waals surface area contributed by atoms with Crippen molar-refractivity contribution in [3.63, 3.8) is 0 Å². The fourth-order valence-electron chi connectivity index (χ4n) is 2.34. The third kappa shape index (κ3) is 2.65. The summed E-state index contributed by atoms with van der Waals surface area (Å²) in [5, 5.41) is 2.00. The number of hydrogen-bond acceptors (Lipinski definition) is 2. The zero-order valence-electron chi connectivity index (χ0n) is 10.8. The Morgan fingerprint density at radius 2 is 1.79 bits per heavy atom. The molecule has 0 unspecified atom stereocenters. The number of benzene rings is 2. The number of hydrogen-bond donors (Lipinski definition) is 1. The van der Waals surface area contributed by atoms with E-state index in [1.807, 2.05) is 37.3 Å². The lowest BCUT2D eigenvalue weighted by Crippen LogP contribution is -2.33. The van der Waals surface area contributed by atoms with Gasteiger partial charge in [-0.3, -0.25) is 0 Å². The summed E-state index contributed by atoms with van der Waals surface area (Å²) in [5.41, 5.74) is 0. The van der Waals surface area contributed by atoms with Crippen LogP contribution in [0.3, 0.4) is 0 Å². The lowest BCUT2D eigenvalue weighted by atomic mass is 10.1. The fourth-order valence-corrected chi connectivity index (χ4v) is 3.69. The second-order valence-electron chi connectivity index (χ2n) is 5.26. The minimum atomic E-state index is -3.41. The minimum absolute atomic E-state index is 0.0245. The number of rotatable bonds is 4. The first kappa shape index (κ1) is 12.6. The summed E-state index contributed by atoms with van der Waals surface area (Å²) >= 11 is 0. The normalized spacial score (nSPS) is 17.5. The Morgan fingerprint density at radius 1 is 1.11 bits per heavy atom. The van der Waals surface area contributed by atoms with Gasteiger partial charge in [0.05, 0.1) is 4.90 Å². The molecule has 0 spiro atoms. The molecular weight excluding hydrogens is 258 g/mol. The third-order valence-corrected chi connectivity index (χ3v) is 5.26. The summed E-state index contributed by atoms with van der Waals surface area (Å²) in [6.45, 7) is 1.94. The first-order valence-electron chi connectivity index (χ1n) is 6.57. The molecule has 4 heteroatoms. The molecule has 1 aliphatic carbocycles. The first-order chi connectivity index (χ1) is 9.06. The van der Waals surface area contributed by atoms with Gasteiger partial charge < -0.3 is 0 Å². The molecular formula is C15H17NO2S. The summed E-state index contributed by atoms with van der Waals surface area (Å²) in [6, 6.07) is 13.1. The van der Waals surface area contributed by atoms with Crippen LogP contribution in [-0.4, -0.2) is 14.5 Å². The highest BCUT2D eigenvalue weighted by Gasteiger charge is 2.31. The first-order valence-corrected chi connectivity index (χ1v) is 8.06. The van der Waals surface area contributed by atoms with E-state index in [2.05, 4.69) is 4.72 Å². The SMILES string of the molecule is C[C@H](NS(=O)(=O)c1ccc2ccccc2c1)C1CC1. The Kier molecular flexibility index (Phi) is 3.07. The molecule has 1 N–H and O–H groups in total. The van der Waals surface area contributed by atoms with Crippen molar-refractivity contribution in [1.82, 2.24) is 4.72 Å². The highest BCUT2D eigenvalue weighted by Crippen LogP contribution is 2.33. The van der Waals surface area contributed by atoms with Crippen molar-refractivity contribution >= 4 is 20.8 Å². The van der Waals surface area contributed by atoms with Crippen LogP contribution in [0.5, 0.6) is 0 Å². The van der Waals surface area contributed by atoms with Gasteiger partial charge in [0.15, 0.2) is 0 Å². The Hall–Kier alpha value is -1.39. The molecule has 19 heavy (non-hydrogen) atoms. The highest BCUT2D eigenvalue weighted by atomic mass is 32.2. The molecule has 100 valence electrons. The van der Waals surface area contributed by atoms with Crippen LogP contribution >= 0.6 is 0 Å². The van der Waals surface area contributed by atoms with Gasteiger partial charge in [-0.25, -0.2) is 13.1 Å². The van der Waals surface area contributed by atoms with E-state index in [1.54, 1.807) is 12.1 Å². The topological polar surface area (TPSA) is 46.2 Å². The van der Waals surface area contributed by atoms with Crippen molar-refractivity contribution in [2.45, 2.75) is 30.7 Å². The van der Waals surface area contributed by atoms with Gasteiger partial charge in [0.25, 0.3) is 0 Å². The molecule has 1 aliphatic rings. The Morgan fingerprint density at radius 3 is 2.47 bits per heavy atom. The van der Waals surface area contributed by atoms with E-state index in [4.69, 9.17) is 0 Å². The van der Waals surface area contributed by atoms with Gasteiger partial charge in [0, 0.05) is 6.04 Å². The van der Waals surface area contributed by atoms with E-state index in [0.717, 1.165) is 23.6 Å². The lowest BCUT2D eigenvalue weighted by molar-refractivity contribution is 0.538. The fraction of sp³-hybridized carbons (Fsp3) is 0.333. The van der Waals surface area contributed by atoms with E-state index in [1.165, 1.54) is 0 Å². The largest absolute Gasteiger partial charge is 0.240 e. The predicted molar refractivity (Wildman–Crippen MR) is 76.5 cm³/mol. The highest BCUT2D eigenvalue weighted by molar-refractivity contribution is 7.89. The standard InChI is InChI=1S/C15H17NO2S/c1-11(12-6-7-12)16-19(17,18)15-9-8-13-4-2-3-5-14(13)10-15/h2-5,8-12,16H,6-7H2,1H3/t11-/m0/s1. The summed E-state index contributed by atoms with van der Waals surface area (Å²) in [5.74, 6) is 0.509. The zero-order valence-corrected chi connectivity index (χ0v) is 11.7. The second kappa shape index (κ2) is 4.62. The van der Waals surface area contributed by atoms with Crippen molar-refractivity contribution in [2.24, 2.45) is 5.92 Å². The van der Waals surface area contributed by atoms with Gasteiger partial charge in [-0.1, -0.05) is 30.3 Å². The second-order valence-corrected chi connectivity index (χ2v) is 6.97. The Bertz CT molecular complexity index is 705. The van der Waals surface area contributed by atoms with Crippen LogP contribution < -0.4 is 4.72 Å². The van der Waals surface area contributed by atoms with Crippen LogP contribution in [0.2, 0.25) is 0 Å². The molecule has 2 aromatic rings. The van der Waals surface area contributed by atoms with Crippen molar-refractivity contribution in [2.75, 3.05) is 0 Å². The number of fused-ring (bicyclic) bond motifs is 1. The van der Waals surface area contributed by atoms with E-state index in [9.17, 15) is 8.42 Å². The van der Waals surface area contributed by atoms with E-state index >= 15 is 0 Å². The van der Waals surface area contributed by atoms with E-state index in [-0.39, 0.29) is 6.04 Å². The van der Waals surface area contributed by atoms with Gasteiger partial charge in [-0.15, -0.1) is 0 Å². The molecule has 0 heterocycles. The maximum Gasteiger partial charge on any atom is 0.240 e. The Balaban J connectivity index is 1.93. The van der Waals surface area contributed by atoms with Crippen molar-refractivity contribution in [3.05, 3.63) is 42.5 Å². The molecule has 0 saturated heterocycles. The maximum atomic E-state index is 12.3. The van der Waals surface area contributed by atoms with Crippen molar-refractivity contribution < 1.29 is 8.42 Å². The van der Waals surface area contributed by atoms with Crippen LogP contribution in [0.25, 0.3) is 10.8 Å². The maximum absolute atomic E-state index is 12.3. The number of nitrogens with one attached hydrogen (secondary N) is 1. The molecule has 2 aromatic carbocycles. The number of sulfonamides is 1. The minimum Gasteiger partial charge on any atom is -0.208 e. The predicted octanol–water partition coefficient (Wildman–Crippen LogP) is 2.92. The Labute approximate surface area is 113 Å².